The fourth-order valence-electron chi connectivity index (χ4n) is 2.04. The van der Waals surface area contributed by atoms with Crippen LogP contribution in [-0.2, 0) is 0 Å². The number of esters is 1. The van der Waals surface area contributed by atoms with Gasteiger partial charge in [0.25, 0.3) is 11.4 Å². The summed E-state index contributed by atoms with van der Waals surface area (Å²) in [5.74, 6) is -0.729. The Hall–Kier alpha value is -3.40. The Morgan fingerprint density at radius 1 is 1.12 bits per heavy atom. The zero-order valence-corrected chi connectivity index (χ0v) is 12.6. The zero-order valence-electron chi connectivity index (χ0n) is 11.7. The van der Waals surface area contributed by atoms with Crippen molar-refractivity contribution in [1.29, 1.82) is 0 Å². The van der Waals surface area contributed by atoms with Crippen LogP contribution in [0.25, 0.3) is 10.9 Å². The van der Waals surface area contributed by atoms with Crippen LogP contribution in [0, 0.1) is 20.2 Å². The molecule has 0 saturated heterocycles. The van der Waals surface area contributed by atoms with E-state index in [1.807, 2.05) is 0 Å². The molecule has 1 aromatic carbocycles. The van der Waals surface area contributed by atoms with Gasteiger partial charge in [0.1, 0.15) is 4.88 Å². The van der Waals surface area contributed by atoms with Crippen molar-refractivity contribution in [3.63, 3.8) is 0 Å². The molecule has 0 radical (unpaired) electrons. The van der Waals surface area contributed by atoms with Crippen LogP contribution in [0.4, 0.5) is 11.4 Å². The molecule has 9 nitrogen and oxygen atoms in total. The first-order chi connectivity index (χ1) is 11.5. The Kier molecular flexibility index (Phi) is 3.88. The molecule has 120 valence electrons. The SMILES string of the molecule is O=C(Oc1ccc2c([N+](=O)[O-])cc([N+](=O)[O-])cc2n1)c1cccs1. The van der Waals surface area contributed by atoms with Crippen molar-refractivity contribution >= 4 is 39.6 Å². The van der Waals surface area contributed by atoms with Crippen molar-refractivity contribution in [3.05, 3.63) is 66.9 Å². The minimum Gasteiger partial charge on any atom is -0.403 e. The maximum absolute atomic E-state index is 11.9. The molecule has 3 rings (SSSR count). The molecule has 2 heterocycles. The van der Waals surface area contributed by atoms with Crippen LogP contribution in [0.5, 0.6) is 5.88 Å². The number of nitro benzene ring substituents is 2. The molecule has 10 heteroatoms. The van der Waals surface area contributed by atoms with Gasteiger partial charge >= 0.3 is 5.97 Å². The molecule has 0 unspecified atom stereocenters. The van der Waals surface area contributed by atoms with Gasteiger partial charge < -0.3 is 4.74 Å². The van der Waals surface area contributed by atoms with E-state index in [0.29, 0.717) is 4.88 Å². The van der Waals surface area contributed by atoms with Gasteiger partial charge in [-0.1, -0.05) is 6.07 Å². The smallest absolute Gasteiger partial charge is 0.355 e. The van der Waals surface area contributed by atoms with Crippen LogP contribution in [0.2, 0.25) is 0 Å². The molecule has 2 aromatic heterocycles. The number of non-ortho nitro benzene ring substituents is 2. The summed E-state index contributed by atoms with van der Waals surface area (Å²) in [6, 6.07) is 7.84. The average molecular weight is 345 g/mol. The second kappa shape index (κ2) is 6.01. The van der Waals surface area contributed by atoms with Crippen molar-refractivity contribution < 1.29 is 19.4 Å². The number of benzene rings is 1. The number of aromatic nitrogens is 1. The molecule has 0 aliphatic rings. The molecule has 0 amide bonds. The summed E-state index contributed by atoms with van der Waals surface area (Å²) < 4.78 is 5.09. The first kappa shape index (κ1) is 15.5. The van der Waals surface area contributed by atoms with E-state index in [9.17, 15) is 25.0 Å². The number of nitro groups is 2. The van der Waals surface area contributed by atoms with Gasteiger partial charge in [-0.05, 0) is 17.5 Å². The van der Waals surface area contributed by atoms with Gasteiger partial charge in [0.05, 0.1) is 26.8 Å². The third-order valence-electron chi connectivity index (χ3n) is 3.07. The highest BCUT2D eigenvalue weighted by Crippen LogP contribution is 2.31. The third kappa shape index (κ3) is 2.90. The van der Waals surface area contributed by atoms with Gasteiger partial charge in [0.2, 0.25) is 5.88 Å². The van der Waals surface area contributed by atoms with Crippen molar-refractivity contribution in [1.82, 2.24) is 4.98 Å². The van der Waals surface area contributed by atoms with Crippen molar-refractivity contribution in [2.24, 2.45) is 0 Å². The number of thiophene rings is 1. The summed E-state index contributed by atoms with van der Waals surface area (Å²) in [7, 11) is 0. The van der Waals surface area contributed by atoms with Crippen LogP contribution >= 0.6 is 11.3 Å². The Bertz CT molecular complexity index is 970. The van der Waals surface area contributed by atoms with Crippen LogP contribution in [-0.4, -0.2) is 20.8 Å². The number of hydrogen-bond donors (Lipinski definition) is 0. The van der Waals surface area contributed by atoms with Gasteiger partial charge in [0, 0.05) is 12.1 Å². The van der Waals surface area contributed by atoms with Gasteiger partial charge in [-0.15, -0.1) is 11.3 Å². The molecule has 0 aliphatic carbocycles. The Labute approximate surface area is 137 Å². The zero-order chi connectivity index (χ0) is 17.3. The maximum Gasteiger partial charge on any atom is 0.355 e. The Morgan fingerprint density at radius 2 is 1.92 bits per heavy atom. The van der Waals surface area contributed by atoms with E-state index in [0.717, 1.165) is 12.1 Å². The Balaban J connectivity index is 2.05. The number of ether oxygens (including phenoxy) is 1. The molecule has 0 fully saturated rings. The number of hydrogen-bond acceptors (Lipinski definition) is 8. The summed E-state index contributed by atoms with van der Waals surface area (Å²) >= 11 is 1.19. The fourth-order valence-corrected chi connectivity index (χ4v) is 2.63. The minimum atomic E-state index is -0.752. The normalized spacial score (nSPS) is 10.5. The highest BCUT2D eigenvalue weighted by molar-refractivity contribution is 7.12. The van der Waals surface area contributed by atoms with E-state index in [1.54, 1.807) is 17.5 Å². The van der Waals surface area contributed by atoms with E-state index < -0.39 is 27.2 Å². The van der Waals surface area contributed by atoms with E-state index in [-0.39, 0.29) is 16.8 Å². The predicted molar refractivity (Wildman–Crippen MR) is 84.3 cm³/mol. The molecule has 0 spiro atoms. The second-order valence-electron chi connectivity index (χ2n) is 4.56. The monoisotopic (exact) mass is 345 g/mol. The predicted octanol–water partition coefficient (Wildman–Crippen LogP) is 3.33. The third-order valence-corrected chi connectivity index (χ3v) is 3.92. The Morgan fingerprint density at radius 3 is 2.54 bits per heavy atom. The number of pyridine rings is 1. The van der Waals surface area contributed by atoms with Gasteiger partial charge in [-0.25, -0.2) is 9.78 Å². The average Bonchev–Trinajstić information content (AvgIpc) is 3.07. The van der Waals surface area contributed by atoms with Gasteiger partial charge in [-0.3, -0.25) is 20.2 Å². The van der Waals surface area contributed by atoms with Gasteiger partial charge in [-0.2, -0.15) is 0 Å². The number of nitrogens with zero attached hydrogens (tertiary/aromatic N) is 3. The van der Waals surface area contributed by atoms with E-state index in [2.05, 4.69) is 4.98 Å². The fraction of sp³-hybridized carbons (Fsp3) is 0. The van der Waals surface area contributed by atoms with Crippen molar-refractivity contribution in [3.8, 4) is 5.88 Å². The first-order valence-electron chi connectivity index (χ1n) is 6.45. The molecule has 24 heavy (non-hydrogen) atoms. The molecule has 0 atom stereocenters. The molecule has 0 saturated carbocycles. The van der Waals surface area contributed by atoms with E-state index >= 15 is 0 Å². The second-order valence-corrected chi connectivity index (χ2v) is 5.51. The van der Waals surface area contributed by atoms with Crippen LogP contribution in [0.1, 0.15) is 9.67 Å². The van der Waals surface area contributed by atoms with Crippen LogP contribution < -0.4 is 4.74 Å². The highest BCUT2D eigenvalue weighted by Gasteiger charge is 2.21. The molecule has 0 aliphatic heterocycles. The lowest BCUT2D eigenvalue weighted by Gasteiger charge is -2.04. The summed E-state index contributed by atoms with van der Waals surface area (Å²) in [4.78, 5) is 36.7. The molecule has 3 aromatic rings. The highest BCUT2D eigenvalue weighted by atomic mass is 32.1. The maximum atomic E-state index is 11.9. The number of carbonyl (C=O) groups excluding carboxylic acids is 1. The molecular weight excluding hydrogens is 338 g/mol. The minimum absolute atomic E-state index is 0.00706. The van der Waals surface area contributed by atoms with E-state index in [4.69, 9.17) is 4.74 Å². The largest absolute Gasteiger partial charge is 0.403 e. The molecule has 0 bridgehead atoms. The molecule has 0 N–H and O–H groups in total. The van der Waals surface area contributed by atoms with Gasteiger partial charge in [0.15, 0.2) is 0 Å². The summed E-state index contributed by atoms with van der Waals surface area (Å²) in [6.07, 6.45) is 0. The topological polar surface area (TPSA) is 125 Å². The summed E-state index contributed by atoms with van der Waals surface area (Å²) in [5, 5.41) is 23.8. The van der Waals surface area contributed by atoms with Crippen molar-refractivity contribution in [2.75, 3.05) is 0 Å². The number of carbonyl (C=O) groups is 1. The lowest BCUT2D eigenvalue weighted by molar-refractivity contribution is -0.393. The quantitative estimate of drug-likeness (QED) is 0.403. The summed E-state index contributed by atoms with van der Waals surface area (Å²) in [6.45, 7) is 0. The number of rotatable bonds is 4. The lowest BCUT2D eigenvalue weighted by Crippen LogP contribution is -2.07. The lowest BCUT2D eigenvalue weighted by atomic mass is 10.1. The van der Waals surface area contributed by atoms with Crippen LogP contribution in [0.3, 0.4) is 0 Å². The standard InChI is InChI=1S/C14H7N3O6S/c18-14(12-2-1-5-24-12)23-13-4-3-9-10(15-13)6-8(16(19)20)7-11(9)17(21)22/h1-7H. The van der Waals surface area contributed by atoms with Crippen molar-refractivity contribution in [2.45, 2.75) is 0 Å². The van der Waals surface area contributed by atoms with Crippen LogP contribution in [0.15, 0.2) is 41.8 Å². The molecular formula is C14H7N3O6S. The van der Waals surface area contributed by atoms with E-state index in [1.165, 1.54) is 23.5 Å². The number of fused-ring (bicyclic) bond motifs is 1. The summed E-state index contributed by atoms with van der Waals surface area (Å²) in [5.41, 5.74) is -0.918. The first-order valence-corrected chi connectivity index (χ1v) is 7.33.